The fraction of sp³-hybridized carbons (Fsp3) is 0.343. The highest BCUT2D eigenvalue weighted by Crippen LogP contribution is 2.44. The Labute approximate surface area is 253 Å². The van der Waals surface area contributed by atoms with Crippen LogP contribution >= 0.6 is 0 Å². The van der Waals surface area contributed by atoms with Crippen LogP contribution in [0.25, 0.3) is 11.1 Å². The van der Waals surface area contributed by atoms with E-state index in [1.165, 1.54) is 28.3 Å². The molecule has 3 aliphatic rings. The van der Waals surface area contributed by atoms with E-state index in [9.17, 15) is 14.4 Å². The first-order valence-electron chi connectivity index (χ1n) is 14.9. The lowest BCUT2D eigenvalue weighted by atomic mass is 9.96. The molecule has 2 saturated heterocycles. The average Bonchev–Trinajstić information content (AvgIpc) is 3.35. The van der Waals surface area contributed by atoms with E-state index in [1.54, 1.807) is 17.1 Å². The summed E-state index contributed by atoms with van der Waals surface area (Å²) in [6.07, 6.45) is 16.8. The number of ether oxygens (including phenoxy) is 1. The summed E-state index contributed by atoms with van der Waals surface area (Å²) in [6.45, 7) is 3.77. The fourth-order valence-corrected chi connectivity index (χ4v) is 5.71. The summed E-state index contributed by atoms with van der Waals surface area (Å²) in [5.74, 6) is -0.816. The predicted molar refractivity (Wildman–Crippen MR) is 167 cm³/mol. The molecule has 0 atom stereocenters. The summed E-state index contributed by atoms with van der Waals surface area (Å²) >= 11 is 0. The average molecular weight is 585 g/mol. The van der Waals surface area contributed by atoms with Crippen molar-refractivity contribution in [2.45, 2.75) is 31.6 Å². The van der Waals surface area contributed by atoms with Crippen molar-refractivity contribution in [2.75, 3.05) is 32.8 Å². The van der Waals surface area contributed by atoms with Crippen LogP contribution in [0.2, 0.25) is 0 Å². The molecular weight excluding hydrogens is 544 g/mol. The second kappa shape index (κ2) is 16.3. The minimum Gasteiger partial charge on any atom is -0.478 e. The molecule has 43 heavy (non-hydrogen) atoms. The SMILES string of the molecule is O=C(O)/C=C/C=C/C1CCN(C(=O)OCC2c3ccccc3-c3ccccc32)CC1.O=C(O)/C=C/C=C/C1CCNCC1. The summed E-state index contributed by atoms with van der Waals surface area (Å²) in [4.78, 5) is 35.0. The summed E-state index contributed by atoms with van der Waals surface area (Å²) in [6, 6.07) is 16.6. The molecule has 1 amide bonds. The van der Waals surface area contributed by atoms with Crippen molar-refractivity contribution in [1.29, 1.82) is 0 Å². The molecule has 0 spiro atoms. The van der Waals surface area contributed by atoms with E-state index in [-0.39, 0.29) is 12.0 Å². The Balaban J connectivity index is 0.000000273. The Kier molecular flexibility index (Phi) is 11.9. The number of allylic oxidation sites excluding steroid dienone is 6. The summed E-state index contributed by atoms with van der Waals surface area (Å²) in [5, 5.41) is 20.2. The molecule has 0 bridgehead atoms. The number of piperidine rings is 2. The highest BCUT2D eigenvalue weighted by Gasteiger charge is 2.30. The lowest BCUT2D eigenvalue weighted by Crippen LogP contribution is -2.39. The van der Waals surface area contributed by atoms with Crippen LogP contribution < -0.4 is 5.32 Å². The minimum absolute atomic E-state index is 0.0721. The van der Waals surface area contributed by atoms with Crippen LogP contribution in [0, 0.1) is 11.8 Å². The number of amides is 1. The van der Waals surface area contributed by atoms with Crippen molar-refractivity contribution in [3.63, 3.8) is 0 Å². The molecule has 3 N–H and O–H groups in total. The number of hydrogen-bond donors (Lipinski definition) is 3. The van der Waals surface area contributed by atoms with Gasteiger partial charge in [-0.25, -0.2) is 14.4 Å². The first-order valence-corrected chi connectivity index (χ1v) is 14.9. The number of benzene rings is 2. The van der Waals surface area contributed by atoms with Gasteiger partial charge in [0.2, 0.25) is 0 Å². The fourth-order valence-electron chi connectivity index (χ4n) is 5.71. The van der Waals surface area contributed by atoms with E-state index >= 15 is 0 Å². The maximum atomic E-state index is 12.6. The van der Waals surface area contributed by atoms with Gasteiger partial charge in [-0.3, -0.25) is 0 Å². The number of carbonyl (C=O) groups is 3. The topological polar surface area (TPSA) is 116 Å². The maximum Gasteiger partial charge on any atom is 0.409 e. The molecule has 5 rings (SSSR count). The van der Waals surface area contributed by atoms with Gasteiger partial charge in [-0.15, -0.1) is 0 Å². The Morgan fingerprint density at radius 1 is 0.744 bits per heavy atom. The van der Waals surface area contributed by atoms with Crippen molar-refractivity contribution in [3.05, 3.63) is 108 Å². The van der Waals surface area contributed by atoms with E-state index in [0.29, 0.717) is 31.5 Å². The van der Waals surface area contributed by atoms with Crippen molar-refractivity contribution in [2.24, 2.45) is 11.8 Å². The third kappa shape index (κ3) is 9.54. The molecule has 2 aliphatic heterocycles. The molecule has 2 aromatic rings. The van der Waals surface area contributed by atoms with E-state index < -0.39 is 11.9 Å². The van der Waals surface area contributed by atoms with Gasteiger partial charge in [0.1, 0.15) is 6.61 Å². The number of fused-ring (bicyclic) bond motifs is 3. The first-order chi connectivity index (χ1) is 20.9. The second-order valence-electron chi connectivity index (χ2n) is 10.9. The Morgan fingerprint density at radius 3 is 1.74 bits per heavy atom. The molecule has 0 saturated carbocycles. The van der Waals surface area contributed by atoms with Gasteiger partial charge >= 0.3 is 18.0 Å². The smallest absolute Gasteiger partial charge is 0.409 e. The molecule has 8 nitrogen and oxygen atoms in total. The lowest BCUT2D eigenvalue weighted by Gasteiger charge is -2.30. The molecular formula is C35H40N2O6. The summed E-state index contributed by atoms with van der Waals surface area (Å²) in [5.41, 5.74) is 4.87. The van der Waals surface area contributed by atoms with Crippen molar-refractivity contribution in [3.8, 4) is 11.1 Å². The molecule has 0 radical (unpaired) electrons. The molecule has 0 unspecified atom stereocenters. The van der Waals surface area contributed by atoms with E-state index in [0.717, 1.165) is 50.9 Å². The third-order valence-corrected chi connectivity index (χ3v) is 7.98. The number of carboxylic acids is 2. The number of carboxylic acid groups (broad SMARTS) is 2. The van der Waals surface area contributed by atoms with Gasteiger partial charge in [-0.2, -0.15) is 0 Å². The molecule has 2 aromatic carbocycles. The molecule has 1 aliphatic carbocycles. The molecule has 2 fully saturated rings. The van der Waals surface area contributed by atoms with Crippen LogP contribution in [0.15, 0.2) is 97.1 Å². The highest BCUT2D eigenvalue weighted by atomic mass is 16.6. The van der Waals surface area contributed by atoms with E-state index in [2.05, 4.69) is 35.7 Å². The largest absolute Gasteiger partial charge is 0.478 e. The van der Waals surface area contributed by atoms with Gasteiger partial charge in [0, 0.05) is 31.2 Å². The quantitative estimate of drug-likeness (QED) is 0.256. The Morgan fingerprint density at radius 2 is 1.23 bits per heavy atom. The van der Waals surface area contributed by atoms with Crippen molar-refractivity contribution >= 4 is 18.0 Å². The zero-order valence-corrected chi connectivity index (χ0v) is 24.3. The zero-order valence-electron chi connectivity index (χ0n) is 24.3. The monoisotopic (exact) mass is 584 g/mol. The summed E-state index contributed by atoms with van der Waals surface area (Å²) < 4.78 is 5.73. The number of rotatable bonds is 8. The second-order valence-corrected chi connectivity index (χ2v) is 10.9. The van der Waals surface area contributed by atoms with Crippen LogP contribution in [0.5, 0.6) is 0 Å². The molecule has 2 heterocycles. The zero-order chi connectivity index (χ0) is 30.4. The van der Waals surface area contributed by atoms with Crippen LogP contribution in [0.3, 0.4) is 0 Å². The minimum atomic E-state index is -0.954. The molecule has 226 valence electrons. The van der Waals surface area contributed by atoms with Crippen LogP contribution in [-0.2, 0) is 14.3 Å². The number of hydrogen-bond acceptors (Lipinski definition) is 5. The summed E-state index contributed by atoms with van der Waals surface area (Å²) in [7, 11) is 0. The van der Waals surface area contributed by atoms with E-state index in [1.807, 2.05) is 36.4 Å². The molecule has 8 heteroatoms. The van der Waals surface area contributed by atoms with Gasteiger partial charge in [-0.05, 0) is 72.9 Å². The van der Waals surface area contributed by atoms with Crippen molar-refractivity contribution in [1.82, 2.24) is 10.2 Å². The van der Waals surface area contributed by atoms with Gasteiger partial charge in [0.15, 0.2) is 0 Å². The third-order valence-electron chi connectivity index (χ3n) is 7.98. The standard InChI is InChI=1S/C25H25NO4.C10H15NO2/c27-24(28)12-6-1-7-18-13-15-26(16-14-18)25(29)30-17-23-21-10-4-2-8-19(21)20-9-3-5-11-22(20)23;12-10(13)4-2-1-3-9-5-7-11-8-6-9/h1-12,18,23H,13-17H2,(H,27,28);1-4,9,11H,5-8H2,(H,12,13)/b7-1+,12-6+;3-1+,4-2+. The Hall–Kier alpha value is -4.43. The van der Waals surface area contributed by atoms with Crippen LogP contribution in [0.1, 0.15) is 42.7 Å². The number of likely N-dealkylation sites (tertiary alicyclic amines) is 1. The molecule has 0 aromatic heterocycles. The van der Waals surface area contributed by atoms with Crippen LogP contribution in [0.4, 0.5) is 4.79 Å². The van der Waals surface area contributed by atoms with E-state index in [4.69, 9.17) is 14.9 Å². The number of nitrogens with zero attached hydrogens (tertiary/aromatic N) is 1. The van der Waals surface area contributed by atoms with Crippen LogP contribution in [-0.4, -0.2) is 65.9 Å². The van der Waals surface area contributed by atoms with Gasteiger partial charge in [0.05, 0.1) is 0 Å². The predicted octanol–water partition coefficient (Wildman–Crippen LogP) is 6.03. The van der Waals surface area contributed by atoms with Gasteiger partial charge < -0.3 is 25.2 Å². The Bertz CT molecular complexity index is 1320. The number of carbonyl (C=O) groups excluding carboxylic acids is 1. The highest BCUT2D eigenvalue weighted by molar-refractivity contribution is 5.80. The number of aliphatic carboxylic acids is 2. The van der Waals surface area contributed by atoms with Crippen molar-refractivity contribution < 1.29 is 29.3 Å². The maximum absolute atomic E-state index is 12.6. The van der Waals surface area contributed by atoms with Gasteiger partial charge in [0.25, 0.3) is 0 Å². The van der Waals surface area contributed by atoms with Gasteiger partial charge in [-0.1, -0.05) is 85.0 Å². The lowest BCUT2D eigenvalue weighted by molar-refractivity contribution is -0.132. The number of nitrogens with one attached hydrogen (secondary N) is 1. The normalized spacial score (nSPS) is 17.7. The first kappa shape index (κ1) is 31.5.